The van der Waals surface area contributed by atoms with Crippen LogP contribution in [0, 0.1) is 41.5 Å². The number of H-pyrrole nitrogens is 3. The molecule has 0 aliphatic carbocycles. The number of nitrogens with one attached hydrogen (secondary N) is 3. The van der Waals surface area contributed by atoms with Crippen LogP contribution in [0.4, 0.5) is 0 Å². The Hall–Kier alpha value is -7.70. The molecule has 1 aromatic carbocycles. The smallest absolute Gasteiger partial charge is 0.216 e. The van der Waals surface area contributed by atoms with Crippen LogP contribution in [0.25, 0.3) is 33.4 Å². The van der Waals surface area contributed by atoms with Gasteiger partial charge in [-0.25, -0.2) is 19.9 Å². The lowest BCUT2D eigenvalue weighted by Crippen LogP contribution is -2.05. The van der Waals surface area contributed by atoms with Crippen molar-refractivity contribution in [2.75, 3.05) is 48.7 Å². The van der Waals surface area contributed by atoms with E-state index in [0.29, 0.717) is 68.6 Å². The van der Waals surface area contributed by atoms with Crippen LogP contribution in [0.15, 0.2) is 81.5 Å². The molecule has 8 aromatic heterocycles. The van der Waals surface area contributed by atoms with Gasteiger partial charge in [0.1, 0.15) is 23.9 Å². The Morgan fingerprint density at radius 3 is 1.31 bits per heavy atom. The molecular weight excluding hydrogens is 1020 g/mol. The summed E-state index contributed by atoms with van der Waals surface area (Å²) in [7, 11) is 3.87. The van der Waals surface area contributed by atoms with E-state index in [9.17, 15) is 12.6 Å². The van der Waals surface area contributed by atoms with Gasteiger partial charge in [-0.1, -0.05) is 0 Å². The fourth-order valence-corrected chi connectivity index (χ4v) is 11.4. The molecule has 75 heavy (non-hydrogen) atoms. The van der Waals surface area contributed by atoms with Gasteiger partial charge in [-0.3, -0.25) is 27.6 Å². The molecule has 9 aromatic rings. The fraction of sp³-hybridized carbons (Fsp3) is 0.314. The molecule has 0 bridgehead atoms. The molecule has 0 saturated heterocycles. The van der Waals surface area contributed by atoms with E-state index in [-0.39, 0.29) is 17.3 Å². The first-order valence-electron chi connectivity index (χ1n) is 23.2. The molecule has 3 N–H and O–H groups in total. The topological polar surface area (TPSA) is 269 Å². The summed E-state index contributed by atoms with van der Waals surface area (Å²) in [6.07, 6.45) is 5.19. The second-order valence-corrected chi connectivity index (χ2v) is 21.0. The highest BCUT2D eigenvalue weighted by Crippen LogP contribution is 2.29. The number of aryl methyl sites for hydroxylation is 3. The lowest BCUT2D eigenvalue weighted by molar-refractivity contribution is 0.348. The Bertz CT molecular complexity index is 3520. The number of pyridine rings is 5. The first-order chi connectivity index (χ1) is 36.1. The molecular formula is C51H56N12O9S3. The van der Waals surface area contributed by atoms with E-state index < -0.39 is 32.4 Å². The van der Waals surface area contributed by atoms with Crippen molar-refractivity contribution in [1.82, 2.24) is 54.8 Å². The van der Waals surface area contributed by atoms with E-state index in [1.54, 1.807) is 78.4 Å². The standard InChI is InChI=1S/C19H20N4O3S.2C16H18N4O3S/c1-11-9-21-16(12(2)17(11)25-3)10-27(24)19-22-14-5-4-13(8-15(14)23-19)18-20-6-7-26-18;2*1-9-7-17-12(10(2)14(9)23-4)8-24(21)16-18-11-5-6-13(22-3)19-15(11)20-16/h4-5,8-9H,6-7,10H2,1-3H3,(H,22,23);2*5-7H,8H2,1-4H3,(H,18,19,20). The number of aliphatic imine (C=N–C) groups is 1. The summed E-state index contributed by atoms with van der Waals surface area (Å²) >= 11 is 0. The number of aromatic nitrogens is 11. The van der Waals surface area contributed by atoms with Crippen LogP contribution in [0.3, 0.4) is 0 Å². The molecule has 3 atom stereocenters. The van der Waals surface area contributed by atoms with Crippen LogP contribution in [0.5, 0.6) is 29.0 Å². The molecule has 1 aliphatic heterocycles. The number of methoxy groups -OCH3 is 5. The lowest BCUT2D eigenvalue weighted by Gasteiger charge is -2.11. The van der Waals surface area contributed by atoms with Gasteiger partial charge in [0.25, 0.3) is 0 Å². The number of benzene rings is 1. The largest absolute Gasteiger partial charge is 0.496 e. The average Bonchev–Trinajstić information content (AvgIpc) is 4.26. The Kier molecular flexibility index (Phi) is 16.9. The number of rotatable bonds is 15. The maximum absolute atomic E-state index is 12.8. The highest BCUT2D eigenvalue weighted by molar-refractivity contribution is 7.84. The number of ether oxygens (including phenoxy) is 6. The SMILES string of the molecule is COc1c(C)cnc(CS(=O)c2nc3ccc(C4=NCCO4)cc3[nH]2)c1C.COc1ccc2[nH]c(S(=O)Cc3ncc(C)c(OC)c3C)nc2n1.COc1ccc2[nH]c(S(=O)Cc3ncc(C)c(OC)c3C)nc2n1. The van der Waals surface area contributed by atoms with Gasteiger partial charge in [0.05, 0.1) is 131 Å². The first-order valence-corrected chi connectivity index (χ1v) is 27.2. The third-order valence-corrected chi connectivity index (χ3v) is 15.5. The maximum atomic E-state index is 12.8. The summed E-state index contributed by atoms with van der Waals surface area (Å²) in [6, 6.07) is 12.8. The van der Waals surface area contributed by atoms with Gasteiger partial charge in [-0.15, -0.1) is 0 Å². The van der Waals surface area contributed by atoms with E-state index in [2.05, 4.69) is 59.8 Å². The van der Waals surface area contributed by atoms with Gasteiger partial charge in [-0.05, 0) is 71.9 Å². The van der Waals surface area contributed by atoms with Crippen LogP contribution < -0.4 is 23.7 Å². The Balaban J connectivity index is 0.000000150. The summed E-state index contributed by atoms with van der Waals surface area (Å²) in [4.78, 5) is 48.3. The number of fused-ring (bicyclic) bond motifs is 3. The van der Waals surface area contributed by atoms with Crippen molar-refractivity contribution in [2.24, 2.45) is 4.99 Å². The van der Waals surface area contributed by atoms with Gasteiger partial charge < -0.3 is 43.4 Å². The number of aromatic amines is 3. The normalized spacial score (nSPS) is 13.2. The van der Waals surface area contributed by atoms with E-state index in [1.165, 1.54) is 0 Å². The molecule has 3 unspecified atom stereocenters. The molecule has 21 nitrogen and oxygen atoms in total. The minimum atomic E-state index is -1.37. The van der Waals surface area contributed by atoms with Gasteiger partial charge in [0, 0.05) is 69.7 Å². The summed E-state index contributed by atoms with van der Waals surface area (Å²) in [5.74, 6) is 4.66. The van der Waals surface area contributed by atoms with Crippen molar-refractivity contribution >= 4 is 71.7 Å². The van der Waals surface area contributed by atoms with Crippen molar-refractivity contribution in [3.63, 3.8) is 0 Å². The zero-order valence-electron chi connectivity index (χ0n) is 43.2. The highest BCUT2D eigenvalue weighted by atomic mass is 32.2. The maximum Gasteiger partial charge on any atom is 0.216 e. The number of imidazole rings is 3. The molecule has 0 fully saturated rings. The highest BCUT2D eigenvalue weighted by Gasteiger charge is 2.21. The summed E-state index contributed by atoms with van der Waals surface area (Å²) in [6.45, 7) is 12.8. The van der Waals surface area contributed by atoms with Crippen LogP contribution in [0.2, 0.25) is 0 Å². The van der Waals surface area contributed by atoms with Crippen LogP contribution >= 0.6 is 0 Å². The second kappa shape index (κ2) is 23.7. The molecule has 24 heteroatoms. The van der Waals surface area contributed by atoms with Gasteiger partial charge in [0.2, 0.25) is 17.7 Å². The van der Waals surface area contributed by atoms with Gasteiger partial charge >= 0.3 is 0 Å². The fourth-order valence-electron chi connectivity index (χ4n) is 8.11. The van der Waals surface area contributed by atoms with Crippen LogP contribution in [0.1, 0.15) is 56.0 Å². The number of nitrogens with zero attached hydrogens (tertiary/aromatic N) is 9. The molecule has 0 radical (unpaired) electrons. The van der Waals surface area contributed by atoms with Gasteiger partial charge in [-0.2, -0.15) is 9.97 Å². The van der Waals surface area contributed by atoms with Crippen molar-refractivity contribution in [2.45, 2.75) is 74.3 Å². The lowest BCUT2D eigenvalue weighted by atomic mass is 10.1. The van der Waals surface area contributed by atoms with E-state index in [0.717, 1.165) is 84.3 Å². The van der Waals surface area contributed by atoms with E-state index in [1.807, 2.05) is 59.7 Å². The van der Waals surface area contributed by atoms with Crippen LogP contribution in [-0.4, -0.2) is 122 Å². The monoisotopic (exact) mass is 1080 g/mol. The Morgan fingerprint density at radius 2 is 0.920 bits per heavy atom. The van der Waals surface area contributed by atoms with Crippen LogP contribution in [-0.2, 0) is 54.4 Å². The first kappa shape index (κ1) is 53.6. The molecule has 9 heterocycles. The summed E-state index contributed by atoms with van der Waals surface area (Å²) in [5.41, 5.74) is 12.6. The minimum Gasteiger partial charge on any atom is -0.496 e. The minimum absolute atomic E-state index is 0.249. The molecule has 0 amide bonds. The number of hydrogen-bond acceptors (Lipinski definition) is 18. The zero-order valence-corrected chi connectivity index (χ0v) is 45.7. The second-order valence-electron chi connectivity index (χ2n) is 17.0. The summed E-state index contributed by atoms with van der Waals surface area (Å²) in [5, 5.41) is 1.16. The molecule has 10 rings (SSSR count). The van der Waals surface area contributed by atoms with Crippen molar-refractivity contribution in [3.05, 3.63) is 117 Å². The van der Waals surface area contributed by atoms with Gasteiger partial charge in [0.15, 0.2) is 26.8 Å². The molecule has 1 aliphatic rings. The zero-order chi connectivity index (χ0) is 53.5. The Morgan fingerprint density at radius 1 is 0.507 bits per heavy atom. The van der Waals surface area contributed by atoms with Crippen molar-refractivity contribution in [1.29, 1.82) is 0 Å². The van der Waals surface area contributed by atoms with E-state index >= 15 is 0 Å². The predicted molar refractivity (Wildman–Crippen MR) is 285 cm³/mol. The summed E-state index contributed by atoms with van der Waals surface area (Å²) < 4.78 is 70.0. The molecule has 392 valence electrons. The molecule has 0 saturated carbocycles. The Labute approximate surface area is 439 Å². The quantitative estimate of drug-likeness (QED) is 0.0911. The van der Waals surface area contributed by atoms with E-state index in [4.69, 9.17) is 28.4 Å². The average molecular weight is 1080 g/mol. The molecule has 0 spiro atoms. The van der Waals surface area contributed by atoms with Crippen molar-refractivity contribution in [3.8, 4) is 29.0 Å². The number of hydrogen-bond donors (Lipinski definition) is 3. The third kappa shape index (κ3) is 12.0. The predicted octanol–water partition coefficient (Wildman–Crippen LogP) is 7.26. The van der Waals surface area contributed by atoms with Crippen molar-refractivity contribution < 1.29 is 41.0 Å². The third-order valence-electron chi connectivity index (χ3n) is 12.0.